The highest BCUT2D eigenvalue weighted by molar-refractivity contribution is 5.94. The Morgan fingerprint density at radius 2 is 2.18 bits per heavy atom. The van der Waals surface area contributed by atoms with Gasteiger partial charge in [-0.15, -0.1) is 0 Å². The number of hydrogen-bond donors (Lipinski definition) is 1. The number of amides is 1. The second-order valence-electron chi connectivity index (χ2n) is 5.70. The highest BCUT2D eigenvalue weighted by Crippen LogP contribution is 2.18. The van der Waals surface area contributed by atoms with Crippen molar-refractivity contribution in [1.82, 2.24) is 25.0 Å². The minimum Gasteiger partial charge on any atom is -0.338 e. The van der Waals surface area contributed by atoms with Crippen molar-refractivity contribution in [2.75, 3.05) is 26.7 Å². The summed E-state index contributed by atoms with van der Waals surface area (Å²) in [5.41, 5.74) is 1.63. The van der Waals surface area contributed by atoms with Gasteiger partial charge in [-0.25, -0.2) is 9.67 Å². The molecule has 22 heavy (non-hydrogen) atoms. The smallest absolute Gasteiger partial charge is 0.253 e. The zero-order chi connectivity index (χ0) is 15.4. The summed E-state index contributed by atoms with van der Waals surface area (Å²) < 4.78 is 1.68. The van der Waals surface area contributed by atoms with Crippen molar-refractivity contribution in [3.8, 4) is 5.69 Å². The van der Waals surface area contributed by atoms with E-state index in [1.807, 2.05) is 36.2 Å². The lowest BCUT2D eigenvalue weighted by molar-refractivity contribution is 0.0674. The number of benzene rings is 1. The van der Waals surface area contributed by atoms with Gasteiger partial charge in [-0.1, -0.05) is 0 Å². The summed E-state index contributed by atoms with van der Waals surface area (Å²) in [6.45, 7) is 2.66. The van der Waals surface area contributed by atoms with Crippen molar-refractivity contribution in [2.24, 2.45) is 5.92 Å². The van der Waals surface area contributed by atoms with Crippen molar-refractivity contribution in [3.05, 3.63) is 42.5 Å². The fraction of sp³-hybridized carbons (Fsp3) is 0.438. The average molecular weight is 299 g/mol. The highest BCUT2D eigenvalue weighted by Gasteiger charge is 2.23. The lowest BCUT2D eigenvalue weighted by Gasteiger charge is -2.32. The van der Waals surface area contributed by atoms with Crippen molar-refractivity contribution < 1.29 is 4.79 Å². The second kappa shape index (κ2) is 6.70. The zero-order valence-corrected chi connectivity index (χ0v) is 12.8. The first-order chi connectivity index (χ1) is 10.8. The SMILES string of the molecule is CNCC1CCCN(C(=O)c2ccc(-n3cncn3)cc2)C1. The molecule has 1 fully saturated rings. The molecular weight excluding hydrogens is 278 g/mol. The first-order valence-electron chi connectivity index (χ1n) is 7.67. The average Bonchev–Trinajstić information content (AvgIpc) is 3.09. The molecule has 1 aliphatic rings. The number of nitrogens with one attached hydrogen (secondary N) is 1. The van der Waals surface area contributed by atoms with Crippen molar-refractivity contribution in [2.45, 2.75) is 12.8 Å². The number of piperidine rings is 1. The van der Waals surface area contributed by atoms with Crippen LogP contribution in [0.3, 0.4) is 0 Å². The largest absolute Gasteiger partial charge is 0.338 e. The predicted molar refractivity (Wildman–Crippen MR) is 83.9 cm³/mol. The van der Waals surface area contributed by atoms with E-state index in [-0.39, 0.29) is 5.91 Å². The molecular formula is C16H21N5O. The summed E-state index contributed by atoms with van der Waals surface area (Å²) in [6.07, 6.45) is 5.41. The van der Waals surface area contributed by atoms with Crippen molar-refractivity contribution in [3.63, 3.8) is 0 Å². The number of likely N-dealkylation sites (tertiary alicyclic amines) is 1. The molecule has 1 aromatic carbocycles. The van der Waals surface area contributed by atoms with Gasteiger partial charge in [0.15, 0.2) is 0 Å². The molecule has 1 atom stereocenters. The van der Waals surface area contributed by atoms with Crippen molar-refractivity contribution >= 4 is 5.91 Å². The molecule has 1 amide bonds. The Balaban J connectivity index is 1.69. The van der Waals surface area contributed by atoms with Gasteiger partial charge in [-0.2, -0.15) is 5.10 Å². The monoisotopic (exact) mass is 299 g/mol. The van der Waals surface area contributed by atoms with Crippen LogP contribution in [0, 0.1) is 5.92 Å². The molecule has 1 aromatic heterocycles. The highest BCUT2D eigenvalue weighted by atomic mass is 16.2. The summed E-state index contributed by atoms with van der Waals surface area (Å²) >= 11 is 0. The Morgan fingerprint density at radius 1 is 1.36 bits per heavy atom. The van der Waals surface area contributed by atoms with Crippen LogP contribution in [-0.2, 0) is 0 Å². The van der Waals surface area contributed by atoms with Gasteiger partial charge in [0.05, 0.1) is 5.69 Å². The van der Waals surface area contributed by atoms with Crippen LogP contribution in [0.1, 0.15) is 23.2 Å². The molecule has 0 radical (unpaired) electrons. The third-order valence-corrected chi connectivity index (χ3v) is 4.10. The molecule has 3 rings (SSSR count). The van der Waals surface area contributed by atoms with E-state index in [2.05, 4.69) is 15.4 Å². The van der Waals surface area contributed by atoms with Gasteiger partial charge in [0, 0.05) is 18.7 Å². The van der Waals surface area contributed by atoms with Crippen LogP contribution in [0.2, 0.25) is 0 Å². The van der Waals surface area contributed by atoms with E-state index >= 15 is 0 Å². The fourth-order valence-corrected chi connectivity index (χ4v) is 2.99. The van der Waals surface area contributed by atoms with Crippen LogP contribution in [0.25, 0.3) is 5.69 Å². The Hall–Kier alpha value is -2.21. The lowest BCUT2D eigenvalue weighted by Crippen LogP contribution is -2.42. The molecule has 0 spiro atoms. The topological polar surface area (TPSA) is 63.1 Å². The number of carbonyl (C=O) groups excluding carboxylic acids is 1. The molecule has 116 valence electrons. The maximum atomic E-state index is 12.6. The minimum absolute atomic E-state index is 0.117. The van der Waals surface area contributed by atoms with Gasteiger partial charge < -0.3 is 10.2 Å². The first kappa shape index (κ1) is 14.7. The van der Waals surface area contributed by atoms with Crippen LogP contribution < -0.4 is 5.32 Å². The number of rotatable bonds is 4. The van der Waals surface area contributed by atoms with E-state index < -0.39 is 0 Å². The molecule has 2 aromatic rings. The summed E-state index contributed by atoms with van der Waals surface area (Å²) in [7, 11) is 1.96. The van der Waals surface area contributed by atoms with Gasteiger partial charge in [0.25, 0.3) is 5.91 Å². The summed E-state index contributed by atoms with van der Waals surface area (Å²) in [6, 6.07) is 7.52. The van der Waals surface area contributed by atoms with Crippen molar-refractivity contribution in [1.29, 1.82) is 0 Å². The summed E-state index contributed by atoms with van der Waals surface area (Å²) in [5.74, 6) is 0.670. The molecule has 2 heterocycles. The molecule has 1 unspecified atom stereocenters. The standard InChI is InChI=1S/C16H21N5O/c1-17-9-13-3-2-8-20(10-13)16(22)14-4-6-15(7-5-14)21-12-18-11-19-21/h4-7,11-13,17H,2-3,8-10H2,1H3. The third-order valence-electron chi connectivity index (χ3n) is 4.10. The van der Waals surface area contributed by atoms with Crippen LogP contribution in [0.15, 0.2) is 36.9 Å². The molecule has 6 nitrogen and oxygen atoms in total. The van der Waals surface area contributed by atoms with Gasteiger partial charge in [0.1, 0.15) is 12.7 Å². The van der Waals surface area contributed by atoms with E-state index in [4.69, 9.17) is 0 Å². The Kier molecular flexibility index (Phi) is 4.48. The Bertz CT molecular complexity index is 606. The minimum atomic E-state index is 0.117. The molecule has 0 bridgehead atoms. The van der Waals surface area contributed by atoms with Gasteiger partial charge in [0.2, 0.25) is 0 Å². The number of aromatic nitrogens is 3. The first-order valence-corrected chi connectivity index (χ1v) is 7.67. The molecule has 6 heteroatoms. The zero-order valence-electron chi connectivity index (χ0n) is 12.8. The van der Waals surface area contributed by atoms with Crippen LogP contribution in [0.5, 0.6) is 0 Å². The number of carbonyl (C=O) groups is 1. The number of nitrogens with zero attached hydrogens (tertiary/aromatic N) is 4. The quantitative estimate of drug-likeness (QED) is 0.925. The lowest BCUT2D eigenvalue weighted by atomic mass is 9.97. The predicted octanol–water partition coefficient (Wildman–Crippen LogP) is 1.34. The molecule has 1 N–H and O–H groups in total. The third kappa shape index (κ3) is 3.17. The van der Waals surface area contributed by atoms with E-state index in [0.717, 1.165) is 37.3 Å². The molecule has 1 saturated heterocycles. The van der Waals surface area contributed by atoms with Gasteiger partial charge >= 0.3 is 0 Å². The molecule has 1 aliphatic heterocycles. The van der Waals surface area contributed by atoms with E-state index in [1.54, 1.807) is 11.0 Å². The molecule has 0 aliphatic carbocycles. The Morgan fingerprint density at radius 3 is 2.86 bits per heavy atom. The second-order valence-corrected chi connectivity index (χ2v) is 5.70. The van der Waals surface area contributed by atoms with E-state index in [1.165, 1.54) is 12.7 Å². The maximum Gasteiger partial charge on any atom is 0.253 e. The maximum absolute atomic E-state index is 12.6. The van der Waals surface area contributed by atoms with E-state index in [0.29, 0.717) is 5.92 Å². The van der Waals surface area contributed by atoms with Crippen LogP contribution in [0.4, 0.5) is 0 Å². The summed E-state index contributed by atoms with van der Waals surface area (Å²) in [5, 5.41) is 7.29. The van der Waals surface area contributed by atoms with E-state index in [9.17, 15) is 4.79 Å². The Labute approximate surface area is 130 Å². The van der Waals surface area contributed by atoms with Crippen LogP contribution >= 0.6 is 0 Å². The van der Waals surface area contributed by atoms with Gasteiger partial charge in [-0.05, 0) is 56.6 Å². The number of hydrogen-bond acceptors (Lipinski definition) is 4. The summed E-state index contributed by atoms with van der Waals surface area (Å²) in [4.78, 5) is 18.5. The fourth-order valence-electron chi connectivity index (χ4n) is 2.99. The molecule has 0 saturated carbocycles. The van der Waals surface area contributed by atoms with Gasteiger partial charge in [-0.3, -0.25) is 4.79 Å². The van der Waals surface area contributed by atoms with Crippen LogP contribution in [-0.4, -0.2) is 52.3 Å². The normalized spacial score (nSPS) is 18.4.